The molecule has 0 spiro atoms. The third-order valence-electron chi connectivity index (χ3n) is 4.25. The zero-order valence-corrected chi connectivity index (χ0v) is 14.6. The van der Waals surface area contributed by atoms with Gasteiger partial charge in [0.2, 0.25) is 11.1 Å². The molecule has 1 fully saturated rings. The molecule has 9 heteroatoms. The standard InChI is InChI=1S/C16H19N5O3S/c1-10-6-7-12(8-13(10)21(23)24)17-14(22)9-25-16-18-15(19-20-16)11-4-2-3-5-11/h6-8,11H,2-5,9H2,1H3,(H,17,22)(H,18,19,20). The number of rotatable bonds is 6. The minimum Gasteiger partial charge on any atom is -0.325 e. The lowest BCUT2D eigenvalue weighted by atomic mass is 10.1. The van der Waals surface area contributed by atoms with Crippen molar-refractivity contribution in [2.24, 2.45) is 0 Å². The van der Waals surface area contributed by atoms with Crippen molar-refractivity contribution in [2.75, 3.05) is 11.1 Å². The number of thioether (sulfide) groups is 1. The molecule has 8 nitrogen and oxygen atoms in total. The quantitative estimate of drug-likeness (QED) is 0.463. The summed E-state index contributed by atoms with van der Waals surface area (Å²) in [4.78, 5) is 27.0. The second-order valence-electron chi connectivity index (χ2n) is 6.08. The lowest BCUT2D eigenvalue weighted by Gasteiger charge is -2.05. The molecule has 2 aromatic rings. The Bertz CT molecular complexity index is 786. The average Bonchev–Trinajstić information content (AvgIpc) is 3.25. The van der Waals surface area contributed by atoms with Crippen LogP contribution in [0.4, 0.5) is 11.4 Å². The van der Waals surface area contributed by atoms with Crippen molar-refractivity contribution in [2.45, 2.75) is 43.7 Å². The molecule has 0 bridgehead atoms. The van der Waals surface area contributed by atoms with E-state index in [0.29, 0.717) is 22.3 Å². The Morgan fingerprint density at radius 1 is 1.44 bits per heavy atom. The van der Waals surface area contributed by atoms with E-state index in [4.69, 9.17) is 0 Å². The molecule has 0 saturated heterocycles. The number of hydrogen-bond acceptors (Lipinski definition) is 6. The maximum Gasteiger partial charge on any atom is 0.274 e. The molecule has 1 heterocycles. The highest BCUT2D eigenvalue weighted by Crippen LogP contribution is 2.32. The van der Waals surface area contributed by atoms with Gasteiger partial charge in [-0.3, -0.25) is 20.0 Å². The van der Waals surface area contributed by atoms with Crippen molar-refractivity contribution in [3.63, 3.8) is 0 Å². The van der Waals surface area contributed by atoms with Crippen molar-refractivity contribution in [3.05, 3.63) is 39.7 Å². The zero-order chi connectivity index (χ0) is 17.8. The van der Waals surface area contributed by atoms with E-state index in [2.05, 4.69) is 20.5 Å². The number of carbonyl (C=O) groups is 1. The Kier molecular flexibility index (Phi) is 5.32. The molecular formula is C16H19N5O3S. The Labute approximate surface area is 149 Å². The number of amides is 1. The van der Waals surface area contributed by atoms with Gasteiger partial charge in [0.05, 0.1) is 10.7 Å². The number of aryl methyl sites for hydroxylation is 1. The van der Waals surface area contributed by atoms with Crippen LogP contribution in [0.5, 0.6) is 0 Å². The molecule has 132 valence electrons. The minimum atomic E-state index is -0.460. The average molecular weight is 361 g/mol. The number of nitro benzene ring substituents is 1. The molecule has 0 unspecified atom stereocenters. The summed E-state index contributed by atoms with van der Waals surface area (Å²) in [5.74, 6) is 1.23. The zero-order valence-electron chi connectivity index (χ0n) is 13.8. The Balaban J connectivity index is 1.54. The largest absolute Gasteiger partial charge is 0.325 e. The van der Waals surface area contributed by atoms with Crippen molar-refractivity contribution >= 4 is 29.0 Å². The second-order valence-corrected chi connectivity index (χ2v) is 7.02. The fourth-order valence-electron chi connectivity index (χ4n) is 2.92. The molecule has 1 aromatic carbocycles. The normalized spacial score (nSPS) is 14.6. The lowest BCUT2D eigenvalue weighted by Crippen LogP contribution is -2.14. The highest BCUT2D eigenvalue weighted by molar-refractivity contribution is 7.99. The molecule has 2 N–H and O–H groups in total. The number of aromatic nitrogens is 3. The molecule has 1 aliphatic carbocycles. The van der Waals surface area contributed by atoms with Crippen LogP contribution in [0.3, 0.4) is 0 Å². The number of anilines is 1. The van der Waals surface area contributed by atoms with Crippen LogP contribution < -0.4 is 5.32 Å². The first-order valence-corrected chi connectivity index (χ1v) is 9.11. The van der Waals surface area contributed by atoms with Crippen LogP contribution >= 0.6 is 11.8 Å². The maximum atomic E-state index is 12.0. The summed E-state index contributed by atoms with van der Waals surface area (Å²) in [6.45, 7) is 1.66. The van der Waals surface area contributed by atoms with Crippen LogP contribution in [0.15, 0.2) is 23.4 Å². The summed E-state index contributed by atoms with van der Waals surface area (Å²) < 4.78 is 0. The predicted octanol–water partition coefficient (Wildman–Crippen LogP) is 3.41. The van der Waals surface area contributed by atoms with E-state index < -0.39 is 4.92 Å². The summed E-state index contributed by atoms with van der Waals surface area (Å²) in [5, 5.41) is 21.3. The van der Waals surface area contributed by atoms with Gasteiger partial charge in [0.25, 0.3) is 5.69 Å². The lowest BCUT2D eigenvalue weighted by molar-refractivity contribution is -0.385. The highest BCUT2D eigenvalue weighted by Gasteiger charge is 2.21. The summed E-state index contributed by atoms with van der Waals surface area (Å²) in [6, 6.07) is 4.63. The van der Waals surface area contributed by atoms with Crippen LogP contribution in [-0.4, -0.2) is 31.8 Å². The molecule has 1 saturated carbocycles. The molecule has 1 amide bonds. The Morgan fingerprint density at radius 2 is 2.20 bits per heavy atom. The van der Waals surface area contributed by atoms with Crippen molar-refractivity contribution < 1.29 is 9.72 Å². The van der Waals surface area contributed by atoms with Gasteiger partial charge in [-0.2, -0.15) is 0 Å². The predicted molar refractivity (Wildman–Crippen MR) is 94.8 cm³/mol. The molecule has 1 aromatic heterocycles. The Hall–Kier alpha value is -2.42. The van der Waals surface area contributed by atoms with Gasteiger partial charge >= 0.3 is 0 Å². The van der Waals surface area contributed by atoms with Crippen LogP contribution in [0.2, 0.25) is 0 Å². The first-order chi connectivity index (χ1) is 12.0. The number of nitro groups is 1. The van der Waals surface area contributed by atoms with Crippen LogP contribution in [0, 0.1) is 17.0 Å². The van der Waals surface area contributed by atoms with Crippen LogP contribution in [-0.2, 0) is 4.79 Å². The van der Waals surface area contributed by atoms with E-state index in [9.17, 15) is 14.9 Å². The van der Waals surface area contributed by atoms with Crippen LogP contribution in [0.25, 0.3) is 0 Å². The van der Waals surface area contributed by atoms with E-state index >= 15 is 0 Å². The van der Waals surface area contributed by atoms with Gasteiger partial charge in [-0.1, -0.05) is 30.7 Å². The van der Waals surface area contributed by atoms with Crippen LogP contribution in [0.1, 0.15) is 43.0 Å². The summed E-state index contributed by atoms with van der Waals surface area (Å²) in [7, 11) is 0. The number of nitrogens with one attached hydrogen (secondary N) is 2. The number of nitrogens with zero attached hydrogens (tertiary/aromatic N) is 3. The summed E-state index contributed by atoms with van der Waals surface area (Å²) in [5.41, 5.74) is 0.947. The SMILES string of the molecule is Cc1ccc(NC(=O)CSc2n[nH]c(C3CCCC3)n2)cc1[N+](=O)[O-]. The van der Waals surface area contributed by atoms with Crippen molar-refractivity contribution in [3.8, 4) is 0 Å². The smallest absolute Gasteiger partial charge is 0.274 e. The second kappa shape index (κ2) is 7.64. The van der Waals surface area contributed by atoms with Gasteiger partial charge in [0.1, 0.15) is 5.82 Å². The molecule has 0 atom stereocenters. The van der Waals surface area contributed by atoms with E-state index in [-0.39, 0.29) is 17.3 Å². The van der Waals surface area contributed by atoms with E-state index in [1.165, 1.54) is 30.7 Å². The Morgan fingerprint density at radius 3 is 2.92 bits per heavy atom. The minimum absolute atomic E-state index is 0.0133. The number of hydrogen-bond donors (Lipinski definition) is 2. The highest BCUT2D eigenvalue weighted by atomic mass is 32.2. The molecule has 3 rings (SSSR count). The number of carbonyl (C=O) groups excluding carboxylic acids is 1. The van der Waals surface area contributed by atoms with Gasteiger partial charge in [0.15, 0.2) is 0 Å². The number of H-pyrrole nitrogens is 1. The third kappa shape index (κ3) is 4.36. The van der Waals surface area contributed by atoms with Gasteiger partial charge in [0, 0.05) is 23.2 Å². The molecule has 25 heavy (non-hydrogen) atoms. The molecule has 0 aliphatic heterocycles. The van der Waals surface area contributed by atoms with Gasteiger partial charge in [-0.25, -0.2) is 4.98 Å². The first kappa shape index (κ1) is 17.4. The summed E-state index contributed by atoms with van der Waals surface area (Å²) in [6.07, 6.45) is 4.70. The van der Waals surface area contributed by atoms with E-state index in [1.54, 1.807) is 19.1 Å². The topological polar surface area (TPSA) is 114 Å². The first-order valence-electron chi connectivity index (χ1n) is 8.13. The van der Waals surface area contributed by atoms with Gasteiger partial charge < -0.3 is 5.32 Å². The number of aromatic amines is 1. The van der Waals surface area contributed by atoms with Gasteiger partial charge in [-0.05, 0) is 25.8 Å². The summed E-state index contributed by atoms with van der Waals surface area (Å²) >= 11 is 1.24. The number of benzene rings is 1. The van der Waals surface area contributed by atoms with Gasteiger partial charge in [-0.15, -0.1) is 5.10 Å². The third-order valence-corrected chi connectivity index (χ3v) is 5.09. The maximum absolute atomic E-state index is 12.0. The fourth-order valence-corrected chi connectivity index (χ4v) is 3.52. The molecule has 0 radical (unpaired) electrons. The van der Waals surface area contributed by atoms with Crippen molar-refractivity contribution in [1.29, 1.82) is 0 Å². The molecule has 1 aliphatic rings. The van der Waals surface area contributed by atoms with Crippen molar-refractivity contribution in [1.82, 2.24) is 15.2 Å². The monoisotopic (exact) mass is 361 g/mol. The molecular weight excluding hydrogens is 342 g/mol. The fraction of sp³-hybridized carbons (Fsp3) is 0.438. The van der Waals surface area contributed by atoms with E-state index in [1.807, 2.05) is 0 Å². The van der Waals surface area contributed by atoms with E-state index in [0.717, 1.165) is 18.7 Å².